The quantitative estimate of drug-likeness (QED) is 0.644. The summed E-state index contributed by atoms with van der Waals surface area (Å²) in [4.78, 5) is 2.37. The molecule has 0 saturated carbocycles. The van der Waals surface area contributed by atoms with Crippen molar-refractivity contribution in [2.75, 3.05) is 50.4 Å². The van der Waals surface area contributed by atoms with Crippen LogP contribution in [0.3, 0.4) is 0 Å². The summed E-state index contributed by atoms with van der Waals surface area (Å²) in [6.45, 7) is 5.41. The summed E-state index contributed by atoms with van der Waals surface area (Å²) >= 11 is 5.73. The van der Waals surface area contributed by atoms with Gasteiger partial charge in [0.15, 0.2) is 0 Å². The minimum absolute atomic E-state index is 0.0879. The molecule has 2 rings (SSSR count). The zero-order valence-electron chi connectivity index (χ0n) is 10.8. The van der Waals surface area contributed by atoms with Gasteiger partial charge in [-0.05, 0) is 19.0 Å². The second-order valence-electron chi connectivity index (χ2n) is 4.59. The Morgan fingerprint density at radius 3 is 2.84 bits per heavy atom. The summed E-state index contributed by atoms with van der Waals surface area (Å²) in [6.07, 6.45) is 0.994. The molecule has 1 aliphatic rings. The molecule has 0 amide bonds. The summed E-state index contributed by atoms with van der Waals surface area (Å²) in [5.74, 6) is -0.488. The highest BCUT2D eigenvalue weighted by molar-refractivity contribution is 6.31. The monoisotopic (exact) mass is 287 g/mol. The molecule has 0 unspecified atom stereocenters. The number of ether oxygens (including phenoxy) is 1. The van der Waals surface area contributed by atoms with Gasteiger partial charge in [0.2, 0.25) is 0 Å². The molecular formula is C13H19ClFN3O. The molecule has 0 spiro atoms. The first-order chi connectivity index (χ1) is 9.16. The van der Waals surface area contributed by atoms with Crippen molar-refractivity contribution in [3.8, 4) is 0 Å². The molecule has 19 heavy (non-hydrogen) atoms. The van der Waals surface area contributed by atoms with Gasteiger partial charge in [0.25, 0.3) is 0 Å². The molecular weight excluding hydrogens is 269 g/mol. The minimum atomic E-state index is -0.488. The lowest BCUT2D eigenvalue weighted by atomic mass is 10.2. The van der Waals surface area contributed by atoms with Gasteiger partial charge in [0.1, 0.15) is 5.82 Å². The average molecular weight is 288 g/mol. The fourth-order valence-corrected chi connectivity index (χ4v) is 2.23. The maximum Gasteiger partial charge on any atom is 0.143 e. The lowest BCUT2D eigenvalue weighted by Crippen LogP contribution is -2.37. The highest BCUT2D eigenvalue weighted by atomic mass is 35.5. The number of nitrogen functional groups attached to an aromatic ring is 1. The Balaban J connectivity index is 1.74. The number of hydrogen-bond donors (Lipinski definition) is 2. The van der Waals surface area contributed by atoms with Crippen LogP contribution in [0.25, 0.3) is 0 Å². The number of nitrogens with one attached hydrogen (secondary N) is 1. The number of hydrogen-bond acceptors (Lipinski definition) is 4. The highest BCUT2D eigenvalue weighted by Crippen LogP contribution is 2.26. The second-order valence-corrected chi connectivity index (χ2v) is 5.00. The Labute approximate surface area is 117 Å². The van der Waals surface area contributed by atoms with E-state index < -0.39 is 5.82 Å². The van der Waals surface area contributed by atoms with E-state index in [0.29, 0.717) is 11.4 Å². The van der Waals surface area contributed by atoms with Crippen LogP contribution in [-0.2, 0) is 4.74 Å². The van der Waals surface area contributed by atoms with E-state index in [1.165, 1.54) is 12.1 Å². The highest BCUT2D eigenvalue weighted by Gasteiger charge is 2.09. The zero-order valence-corrected chi connectivity index (χ0v) is 11.5. The van der Waals surface area contributed by atoms with Crippen molar-refractivity contribution in [2.24, 2.45) is 0 Å². The van der Waals surface area contributed by atoms with Crippen molar-refractivity contribution >= 4 is 23.0 Å². The Morgan fingerprint density at radius 1 is 1.37 bits per heavy atom. The smallest absolute Gasteiger partial charge is 0.143 e. The molecule has 1 aromatic rings. The number of morpholine rings is 1. The number of nitrogens with two attached hydrogens (primary N) is 1. The third kappa shape index (κ3) is 4.23. The Morgan fingerprint density at radius 2 is 2.11 bits per heavy atom. The van der Waals surface area contributed by atoms with E-state index >= 15 is 0 Å². The predicted molar refractivity (Wildman–Crippen MR) is 76.2 cm³/mol. The van der Waals surface area contributed by atoms with Gasteiger partial charge in [-0.3, -0.25) is 4.90 Å². The van der Waals surface area contributed by atoms with E-state index in [4.69, 9.17) is 22.1 Å². The largest absolute Gasteiger partial charge is 0.397 e. The van der Waals surface area contributed by atoms with Crippen LogP contribution < -0.4 is 11.1 Å². The van der Waals surface area contributed by atoms with Crippen molar-refractivity contribution in [1.29, 1.82) is 0 Å². The number of nitrogens with zero attached hydrogens (tertiary/aromatic N) is 1. The number of anilines is 2. The third-order valence-electron chi connectivity index (χ3n) is 3.16. The first-order valence-corrected chi connectivity index (χ1v) is 6.83. The lowest BCUT2D eigenvalue weighted by Gasteiger charge is -2.26. The van der Waals surface area contributed by atoms with Crippen LogP contribution in [0.5, 0.6) is 0 Å². The summed E-state index contributed by atoms with van der Waals surface area (Å²) in [5.41, 5.74) is 6.80. The first-order valence-electron chi connectivity index (χ1n) is 6.45. The molecule has 3 N–H and O–H groups in total. The Hall–Kier alpha value is -1.04. The Kier molecular flexibility index (Phi) is 5.24. The van der Waals surface area contributed by atoms with Crippen LogP contribution in [0.1, 0.15) is 6.42 Å². The van der Waals surface area contributed by atoms with Crippen LogP contribution in [0.15, 0.2) is 12.1 Å². The van der Waals surface area contributed by atoms with Gasteiger partial charge >= 0.3 is 0 Å². The van der Waals surface area contributed by atoms with Gasteiger partial charge in [-0.1, -0.05) is 11.6 Å². The van der Waals surface area contributed by atoms with Gasteiger partial charge in [-0.15, -0.1) is 0 Å². The molecule has 0 radical (unpaired) electrons. The molecule has 1 aliphatic heterocycles. The molecule has 1 saturated heterocycles. The summed E-state index contributed by atoms with van der Waals surface area (Å²) in [6, 6.07) is 2.77. The normalized spacial score (nSPS) is 16.5. The van der Waals surface area contributed by atoms with Gasteiger partial charge in [0, 0.05) is 25.7 Å². The standard InChI is InChI=1S/C13H19ClFN3O/c14-10-8-13(12(16)9-11(10)15)17-2-1-3-18-4-6-19-7-5-18/h8-9,17H,1-7,16H2. The first kappa shape index (κ1) is 14.4. The molecule has 1 heterocycles. The fourth-order valence-electron chi connectivity index (χ4n) is 2.07. The van der Waals surface area contributed by atoms with Crippen LogP contribution in [-0.4, -0.2) is 44.3 Å². The van der Waals surface area contributed by atoms with Crippen molar-refractivity contribution in [1.82, 2.24) is 4.90 Å². The van der Waals surface area contributed by atoms with Crippen molar-refractivity contribution in [2.45, 2.75) is 6.42 Å². The fraction of sp³-hybridized carbons (Fsp3) is 0.538. The number of benzene rings is 1. The van der Waals surface area contributed by atoms with Crippen molar-refractivity contribution in [3.05, 3.63) is 23.0 Å². The molecule has 0 aromatic heterocycles. The maximum absolute atomic E-state index is 13.1. The van der Waals surface area contributed by atoms with Crippen molar-refractivity contribution in [3.63, 3.8) is 0 Å². The predicted octanol–water partition coefficient (Wildman–Crippen LogP) is 2.20. The van der Waals surface area contributed by atoms with E-state index in [2.05, 4.69) is 10.2 Å². The van der Waals surface area contributed by atoms with E-state index in [9.17, 15) is 4.39 Å². The van der Waals surface area contributed by atoms with Crippen LogP contribution in [0.2, 0.25) is 5.02 Å². The minimum Gasteiger partial charge on any atom is -0.397 e. The molecule has 0 aliphatic carbocycles. The van der Waals surface area contributed by atoms with Gasteiger partial charge < -0.3 is 15.8 Å². The lowest BCUT2D eigenvalue weighted by molar-refractivity contribution is 0.0378. The third-order valence-corrected chi connectivity index (χ3v) is 3.45. The van der Waals surface area contributed by atoms with Crippen molar-refractivity contribution < 1.29 is 9.13 Å². The zero-order chi connectivity index (χ0) is 13.7. The molecule has 4 nitrogen and oxygen atoms in total. The van der Waals surface area contributed by atoms with Gasteiger partial charge in [-0.25, -0.2) is 4.39 Å². The number of halogens is 2. The maximum atomic E-state index is 13.1. The molecule has 1 aromatic carbocycles. The molecule has 0 atom stereocenters. The summed E-state index contributed by atoms with van der Waals surface area (Å²) in [7, 11) is 0. The molecule has 0 bridgehead atoms. The van der Waals surface area contributed by atoms with Gasteiger partial charge in [0.05, 0.1) is 29.6 Å². The van der Waals surface area contributed by atoms with Crippen LogP contribution in [0.4, 0.5) is 15.8 Å². The van der Waals surface area contributed by atoms with E-state index in [0.717, 1.165) is 45.8 Å². The van der Waals surface area contributed by atoms with Gasteiger partial charge in [-0.2, -0.15) is 0 Å². The van der Waals surface area contributed by atoms with Crippen LogP contribution >= 0.6 is 11.6 Å². The topological polar surface area (TPSA) is 50.5 Å². The number of rotatable bonds is 5. The van der Waals surface area contributed by atoms with E-state index in [-0.39, 0.29) is 5.02 Å². The molecule has 1 fully saturated rings. The second kappa shape index (κ2) is 6.93. The SMILES string of the molecule is Nc1cc(F)c(Cl)cc1NCCCN1CCOCC1. The molecule has 6 heteroatoms. The van der Waals surface area contributed by atoms with E-state index in [1.54, 1.807) is 0 Å². The summed E-state index contributed by atoms with van der Waals surface area (Å²) < 4.78 is 18.4. The van der Waals surface area contributed by atoms with Crippen LogP contribution in [0, 0.1) is 5.82 Å². The average Bonchev–Trinajstić information content (AvgIpc) is 2.41. The molecule has 106 valence electrons. The Bertz CT molecular complexity index is 425. The van der Waals surface area contributed by atoms with E-state index in [1.807, 2.05) is 0 Å². The summed E-state index contributed by atoms with van der Waals surface area (Å²) in [5, 5.41) is 3.27.